The van der Waals surface area contributed by atoms with E-state index in [1.807, 2.05) is 0 Å². The molecule has 2 aromatic rings. The second-order valence-corrected chi connectivity index (χ2v) is 3.85. The number of benzene rings is 1. The quantitative estimate of drug-likeness (QED) is 0.438. The summed E-state index contributed by atoms with van der Waals surface area (Å²) in [5.74, 6) is -0.0428. The highest BCUT2D eigenvalue weighted by molar-refractivity contribution is 5.88. The zero-order chi connectivity index (χ0) is 14.5. The maximum Gasteiger partial charge on any atom is 0.335 e. The van der Waals surface area contributed by atoms with Crippen molar-refractivity contribution >= 4 is 18.1 Å². The molecular formula is C13H12N4O3. The molecule has 102 valence electrons. The molecule has 5 N–H and O–H groups in total. The third-order valence-corrected chi connectivity index (χ3v) is 2.40. The summed E-state index contributed by atoms with van der Waals surface area (Å²) < 4.78 is 5.50. The lowest BCUT2D eigenvalue weighted by atomic mass is 10.1. The fraction of sp³-hybridized carbons (Fsp3) is 0. The van der Waals surface area contributed by atoms with Gasteiger partial charge in [0, 0.05) is 5.56 Å². The van der Waals surface area contributed by atoms with Crippen LogP contribution in [-0.4, -0.2) is 23.2 Å². The number of rotatable bonds is 4. The Bertz CT molecular complexity index is 667. The molecule has 0 aliphatic heterocycles. The summed E-state index contributed by atoms with van der Waals surface area (Å²) >= 11 is 0. The summed E-state index contributed by atoms with van der Waals surface area (Å²) in [7, 11) is 0. The van der Waals surface area contributed by atoms with Crippen molar-refractivity contribution in [1.82, 2.24) is 0 Å². The third kappa shape index (κ3) is 3.22. The number of hydrogen-bond acceptors (Lipinski definition) is 4. The fourth-order valence-corrected chi connectivity index (χ4v) is 1.51. The lowest BCUT2D eigenvalue weighted by molar-refractivity contribution is 0.0697. The van der Waals surface area contributed by atoms with Gasteiger partial charge in [-0.2, -0.15) is 5.10 Å². The number of aromatic carboxylic acids is 1. The van der Waals surface area contributed by atoms with E-state index < -0.39 is 5.97 Å². The second kappa shape index (κ2) is 5.70. The minimum Gasteiger partial charge on any atom is -0.478 e. The van der Waals surface area contributed by atoms with E-state index in [4.69, 9.17) is 21.0 Å². The molecule has 1 heterocycles. The van der Waals surface area contributed by atoms with Gasteiger partial charge in [0.25, 0.3) is 0 Å². The van der Waals surface area contributed by atoms with Gasteiger partial charge in [-0.1, -0.05) is 12.1 Å². The Labute approximate surface area is 114 Å². The number of carboxylic acid groups (broad SMARTS) is 1. The first-order valence-electron chi connectivity index (χ1n) is 5.62. The van der Waals surface area contributed by atoms with Gasteiger partial charge in [0.15, 0.2) is 0 Å². The number of furan rings is 1. The molecule has 7 nitrogen and oxygen atoms in total. The van der Waals surface area contributed by atoms with Crippen molar-refractivity contribution in [3.63, 3.8) is 0 Å². The smallest absolute Gasteiger partial charge is 0.335 e. The molecule has 0 unspecified atom stereocenters. The minimum atomic E-state index is -0.971. The normalized spacial score (nSPS) is 10.6. The van der Waals surface area contributed by atoms with Gasteiger partial charge in [-0.3, -0.25) is 0 Å². The van der Waals surface area contributed by atoms with E-state index in [2.05, 4.69) is 10.2 Å². The van der Waals surface area contributed by atoms with Gasteiger partial charge in [-0.15, -0.1) is 5.10 Å². The van der Waals surface area contributed by atoms with Crippen LogP contribution in [0.15, 0.2) is 51.0 Å². The summed E-state index contributed by atoms with van der Waals surface area (Å²) in [4.78, 5) is 10.8. The largest absolute Gasteiger partial charge is 0.478 e. The van der Waals surface area contributed by atoms with Crippen LogP contribution in [0.25, 0.3) is 11.3 Å². The van der Waals surface area contributed by atoms with Crippen LogP contribution < -0.4 is 11.5 Å². The highest BCUT2D eigenvalue weighted by Crippen LogP contribution is 2.22. The van der Waals surface area contributed by atoms with Crippen molar-refractivity contribution in [3.05, 3.63) is 47.7 Å². The average Bonchev–Trinajstić information content (AvgIpc) is 2.87. The molecule has 0 atom stereocenters. The van der Waals surface area contributed by atoms with Crippen LogP contribution in [0, 0.1) is 0 Å². The molecule has 0 amide bonds. The first-order chi connectivity index (χ1) is 9.56. The Kier molecular flexibility index (Phi) is 3.80. The highest BCUT2D eigenvalue weighted by atomic mass is 16.4. The van der Waals surface area contributed by atoms with Gasteiger partial charge in [0.1, 0.15) is 11.5 Å². The van der Waals surface area contributed by atoms with Crippen LogP contribution in [0.2, 0.25) is 0 Å². The summed E-state index contributed by atoms with van der Waals surface area (Å²) in [6.07, 6.45) is 1.37. The number of hydrogen-bond donors (Lipinski definition) is 3. The van der Waals surface area contributed by atoms with Crippen molar-refractivity contribution in [3.8, 4) is 11.3 Å². The second-order valence-electron chi connectivity index (χ2n) is 3.85. The molecule has 0 bridgehead atoms. The predicted molar refractivity (Wildman–Crippen MR) is 74.5 cm³/mol. The molecule has 0 aliphatic rings. The van der Waals surface area contributed by atoms with Gasteiger partial charge in [-0.25, -0.2) is 4.79 Å². The lowest BCUT2D eigenvalue weighted by Gasteiger charge is -1.97. The lowest BCUT2D eigenvalue weighted by Crippen LogP contribution is -2.21. The van der Waals surface area contributed by atoms with Crippen LogP contribution in [0.4, 0.5) is 0 Å². The van der Waals surface area contributed by atoms with Gasteiger partial charge >= 0.3 is 5.97 Å². The fourth-order valence-electron chi connectivity index (χ4n) is 1.51. The maximum absolute atomic E-state index is 10.8. The summed E-state index contributed by atoms with van der Waals surface area (Å²) in [6, 6.07) is 9.79. The molecule has 0 saturated heterocycles. The van der Waals surface area contributed by atoms with Crippen molar-refractivity contribution in [1.29, 1.82) is 0 Å². The van der Waals surface area contributed by atoms with Crippen molar-refractivity contribution in [2.75, 3.05) is 0 Å². The SMILES string of the molecule is NC(N)=N/N=C\c1ccc(-c2ccc(C(=O)O)cc2)o1. The zero-order valence-corrected chi connectivity index (χ0v) is 10.4. The highest BCUT2D eigenvalue weighted by Gasteiger charge is 2.06. The number of carbonyl (C=O) groups is 1. The van der Waals surface area contributed by atoms with E-state index in [1.165, 1.54) is 18.3 Å². The molecule has 1 aromatic heterocycles. The van der Waals surface area contributed by atoms with Crippen LogP contribution in [0.1, 0.15) is 16.1 Å². The molecule has 0 radical (unpaired) electrons. The minimum absolute atomic E-state index is 0.141. The first-order valence-corrected chi connectivity index (χ1v) is 5.62. The first kappa shape index (κ1) is 13.3. The van der Waals surface area contributed by atoms with E-state index in [9.17, 15) is 4.79 Å². The topological polar surface area (TPSA) is 127 Å². The van der Waals surface area contributed by atoms with E-state index >= 15 is 0 Å². The summed E-state index contributed by atoms with van der Waals surface area (Å²) in [6.45, 7) is 0. The van der Waals surface area contributed by atoms with Gasteiger partial charge in [0.05, 0.1) is 11.8 Å². The van der Waals surface area contributed by atoms with Crippen molar-refractivity contribution < 1.29 is 14.3 Å². The molecule has 0 saturated carbocycles. The molecule has 0 fully saturated rings. The van der Waals surface area contributed by atoms with Gasteiger partial charge < -0.3 is 21.0 Å². The number of nitrogens with two attached hydrogens (primary N) is 2. The Balaban J connectivity index is 2.18. The van der Waals surface area contributed by atoms with E-state index in [0.717, 1.165) is 5.56 Å². The molecule has 20 heavy (non-hydrogen) atoms. The Morgan fingerprint density at radius 1 is 1.15 bits per heavy atom. The number of carboxylic acids is 1. The molecule has 0 spiro atoms. The van der Waals surface area contributed by atoms with Crippen LogP contribution >= 0.6 is 0 Å². The van der Waals surface area contributed by atoms with Crippen LogP contribution in [-0.2, 0) is 0 Å². The maximum atomic E-state index is 10.8. The third-order valence-electron chi connectivity index (χ3n) is 2.40. The van der Waals surface area contributed by atoms with E-state index in [1.54, 1.807) is 24.3 Å². The monoisotopic (exact) mass is 272 g/mol. The van der Waals surface area contributed by atoms with Crippen molar-refractivity contribution in [2.45, 2.75) is 0 Å². The number of guanidine groups is 1. The molecule has 2 rings (SSSR count). The zero-order valence-electron chi connectivity index (χ0n) is 10.4. The molecule has 0 aliphatic carbocycles. The Morgan fingerprint density at radius 3 is 2.45 bits per heavy atom. The summed E-state index contributed by atoms with van der Waals surface area (Å²) in [5, 5.41) is 15.9. The van der Waals surface area contributed by atoms with Gasteiger partial charge in [-0.05, 0) is 24.3 Å². The Hall–Kier alpha value is -3.09. The molecule has 7 heteroatoms. The van der Waals surface area contributed by atoms with Crippen LogP contribution in [0.3, 0.4) is 0 Å². The molecule has 1 aromatic carbocycles. The standard InChI is InChI=1S/C13H12N4O3/c14-13(15)17-16-7-10-5-6-11(20-10)8-1-3-9(4-2-8)12(18)19/h1-7H,(H,18,19)(H4,14,15,17)/b16-7-. The number of nitrogens with zero attached hydrogens (tertiary/aromatic N) is 2. The summed E-state index contributed by atoms with van der Waals surface area (Å²) in [5.41, 5.74) is 11.2. The predicted octanol–water partition coefficient (Wildman–Crippen LogP) is 1.25. The van der Waals surface area contributed by atoms with Gasteiger partial charge in [0.2, 0.25) is 5.96 Å². The Morgan fingerprint density at radius 2 is 1.85 bits per heavy atom. The van der Waals surface area contributed by atoms with E-state index in [0.29, 0.717) is 11.5 Å². The van der Waals surface area contributed by atoms with Crippen molar-refractivity contribution in [2.24, 2.45) is 21.7 Å². The van der Waals surface area contributed by atoms with Crippen LogP contribution in [0.5, 0.6) is 0 Å². The average molecular weight is 272 g/mol. The molecular weight excluding hydrogens is 260 g/mol. The van der Waals surface area contributed by atoms with E-state index in [-0.39, 0.29) is 11.5 Å².